The van der Waals surface area contributed by atoms with Crippen molar-refractivity contribution in [2.75, 3.05) is 19.6 Å². The first-order valence-corrected chi connectivity index (χ1v) is 11.2. The Labute approximate surface area is 173 Å². The number of carbonyl (C=O) groups excluding carboxylic acids is 1. The van der Waals surface area contributed by atoms with Crippen LogP contribution >= 0.6 is 0 Å². The number of rotatable bonds is 3. The summed E-state index contributed by atoms with van der Waals surface area (Å²) < 4.78 is 1.78. The van der Waals surface area contributed by atoms with Gasteiger partial charge in [-0.25, -0.2) is 0 Å². The zero-order chi connectivity index (χ0) is 20.1. The van der Waals surface area contributed by atoms with E-state index >= 15 is 0 Å². The van der Waals surface area contributed by atoms with Crippen molar-refractivity contribution >= 4 is 5.91 Å². The largest absolute Gasteiger partial charge is 0.333 e. The summed E-state index contributed by atoms with van der Waals surface area (Å²) in [4.78, 5) is 18.3. The minimum atomic E-state index is 0.165. The van der Waals surface area contributed by atoms with Gasteiger partial charge in [0.1, 0.15) is 5.69 Å². The molecule has 3 saturated heterocycles. The van der Waals surface area contributed by atoms with Crippen LogP contribution in [0, 0.1) is 5.92 Å². The van der Waals surface area contributed by atoms with Crippen molar-refractivity contribution in [1.82, 2.24) is 19.6 Å². The van der Waals surface area contributed by atoms with E-state index in [1.165, 1.54) is 17.5 Å². The van der Waals surface area contributed by atoms with Crippen molar-refractivity contribution in [2.45, 2.75) is 57.5 Å². The summed E-state index contributed by atoms with van der Waals surface area (Å²) in [7, 11) is 1.90. The number of amides is 1. The van der Waals surface area contributed by atoms with E-state index in [4.69, 9.17) is 0 Å². The summed E-state index contributed by atoms with van der Waals surface area (Å²) in [5.41, 5.74) is 4.76. The van der Waals surface area contributed by atoms with Gasteiger partial charge in [0.2, 0.25) is 0 Å². The van der Waals surface area contributed by atoms with E-state index in [0.29, 0.717) is 23.9 Å². The first-order valence-electron chi connectivity index (χ1n) is 11.2. The van der Waals surface area contributed by atoms with Gasteiger partial charge >= 0.3 is 0 Å². The predicted molar refractivity (Wildman–Crippen MR) is 114 cm³/mol. The number of aryl methyl sites for hydroxylation is 1. The maximum absolute atomic E-state index is 13.5. The van der Waals surface area contributed by atoms with Gasteiger partial charge in [0, 0.05) is 38.8 Å². The number of aromatic nitrogens is 2. The molecule has 2 atom stereocenters. The quantitative estimate of drug-likeness (QED) is 0.805. The van der Waals surface area contributed by atoms with Gasteiger partial charge in [0.25, 0.3) is 5.91 Å². The number of piperidine rings is 1. The highest BCUT2D eigenvalue weighted by Crippen LogP contribution is 2.33. The van der Waals surface area contributed by atoms with Crippen molar-refractivity contribution < 1.29 is 4.79 Å². The topological polar surface area (TPSA) is 41.4 Å². The Morgan fingerprint density at radius 3 is 2.41 bits per heavy atom. The molecular weight excluding hydrogens is 360 g/mol. The van der Waals surface area contributed by atoms with Crippen LogP contribution in [-0.4, -0.2) is 57.2 Å². The molecule has 4 heterocycles. The molecule has 1 aromatic carbocycles. The lowest BCUT2D eigenvalue weighted by molar-refractivity contribution is 0.0570. The average molecular weight is 393 g/mol. The molecule has 4 aliphatic rings. The van der Waals surface area contributed by atoms with E-state index in [1.54, 1.807) is 4.68 Å². The zero-order valence-corrected chi connectivity index (χ0v) is 17.8. The molecule has 2 aromatic rings. The second kappa shape index (κ2) is 7.28. The molecule has 5 nitrogen and oxygen atoms in total. The summed E-state index contributed by atoms with van der Waals surface area (Å²) in [6.07, 6.45) is 4.68. The van der Waals surface area contributed by atoms with Crippen molar-refractivity contribution in [2.24, 2.45) is 13.0 Å². The summed E-state index contributed by atoms with van der Waals surface area (Å²) >= 11 is 0. The molecule has 0 N–H and O–H groups in total. The Hall–Kier alpha value is -2.14. The van der Waals surface area contributed by atoms with Gasteiger partial charge in [-0.2, -0.15) is 5.10 Å². The van der Waals surface area contributed by atoms with Gasteiger partial charge in [-0.05, 0) is 54.7 Å². The standard InChI is InChI=1S/C24H32N4O/c1-16(2)22-12-23(26(3)25-22)24(29)28-14-17-8-9-20(28)15-27(13-17)21-10-18-6-4-5-7-19(18)11-21/h4-7,12,16-17,20-21H,8-11,13-15H2,1-3H3/t17-,20+/m0/s1. The lowest BCUT2D eigenvalue weighted by Gasteiger charge is -2.36. The average Bonchev–Trinajstić information content (AvgIpc) is 3.20. The lowest BCUT2D eigenvalue weighted by atomic mass is 9.94. The highest BCUT2D eigenvalue weighted by molar-refractivity contribution is 5.93. The fraction of sp³-hybridized carbons (Fsp3) is 0.583. The van der Waals surface area contributed by atoms with E-state index in [0.717, 1.165) is 50.3 Å². The number of benzene rings is 1. The Morgan fingerprint density at radius 2 is 1.76 bits per heavy atom. The monoisotopic (exact) mass is 392 g/mol. The molecule has 154 valence electrons. The molecule has 1 aliphatic carbocycles. The van der Waals surface area contributed by atoms with Crippen molar-refractivity contribution in [3.05, 3.63) is 52.8 Å². The molecule has 1 aromatic heterocycles. The van der Waals surface area contributed by atoms with Crippen molar-refractivity contribution in [1.29, 1.82) is 0 Å². The molecule has 3 fully saturated rings. The van der Waals surface area contributed by atoms with Crippen molar-refractivity contribution in [3.63, 3.8) is 0 Å². The van der Waals surface area contributed by atoms with Crippen LogP contribution in [0.25, 0.3) is 0 Å². The molecule has 0 unspecified atom stereocenters. The second-order valence-electron chi connectivity index (χ2n) is 9.57. The van der Waals surface area contributed by atoms with E-state index in [9.17, 15) is 4.79 Å². The van der Waals surface area contributed by atoms with Crippen LogP contribution < -0.4 is 0 Å². The number of nitrogens with zero attached hydrogens (tertiary/aromatic N) is 4. The van der Waals surface area contributed by atoms with E-state index < -0.39 is 0 Å². The summed E-state index contributed by atoms with van der Waals surface area (Å²) in [6, 6.07) is 11.8. The first-order chi connectivity index (χ1) is 14.0. The Balaban J connectivity index is 1.34. The molecule has 3 aliphatic heterocycles. The van der Waals surface area contributed by atoms with E-state index in [1.807, 2.05) is 13.1 Å². The third-order valence-corrected chi connectivity index (χ3v) is 7.26. The lowest BCUT2D eigenvalue weighted by Crippen LogP contribution is -2.48. The Morgan fingerprint density at radius 1 is 1.03 bits per heavy atom. The molecule has 0 saturated carbocycles. The van der Waals surface area contributed by atoms with Crippen molar-refractivity contribution in [3.8, 4) is 0 Å². The number of carbonyl (C=O) groups is 1. The van der Waals surface area contributed by atoms with Gasteiger partial charge in [-0.15, -0.1) is 0 Å². The molecule has 1 amide bonds. The molecule has 0 spiro atoms. The van der Waals surface area contributed by atoms with Gasteiger partial charge < -0.3 is 4.90 Å². The summed E-state index contributed by atoms with van der Waals surface area (Å²) in [5.74, 6) is 1.08. The van der Waals surface area contributed by atoms with Crippen LogP contribution in [0.15, 0.2) is 30.3 Å². The summed E-state index contributed by atoms with van der Waals surface area (Å²) in [6.45, 7) is 7.28. The van der Waals surface area contributed by atoms with Gasteiger partial charge in [-0.1, -0.05) is 38.1 Å². The minimum absolute atomic E-state index is 0.165. The first kappa shape index (κ1) is 18.9. The van der Waals surface area contributed by atoms with Crippen LogP contribution in [0.4, 0.5) is 0 Å². The molecular formula is C24H32N4O. The Bertz CT molecular complexity index is 892. The maximum Gasteiger partial charge on any atom is 0.272 e. The molecule has 2 bridgehead atoms. The normalized spacial score (nSPS) is 24.9. The highest BCUT2D eigenvalue weighted by atomic mass is 16.2. The minimum Gasteiger partial charge on any atom is -0.333 e. The highest BCUT2D eigenvalue weighted by Gasteiger charge is 2.41. The van der Waals surface area contributed by atoms with E-state index in [-0.39, 0.29) is 5.91 Å². The van der Waals surface area contributed by atoms with E-state index in [2.05, 4.69) is 53.0 Å². The fourth-order valence-electron chi connectivity index (χ4n) is 5.58. The fourth-order valence-corrected chi connectivity index (χ4v) is 5.58. The molecule has 5 heteroatoms. The van der Waals surface area contributed by atoms with Gasteiger partial charge in [0.15, 0.2) is 0 Å². The zero-order valence-electron chi connectivity index (χ0n) is 17.8. The van der Waals surface area contributed by atoms with Crippen LogP contribution in [0.2, 0.25) is 0 Å². The SMILES string of the molecule is CC(C)c1cc(C(=O)N2C[C@H]3CC[C@@H]2CN(C2Cc4ccccc4C2)C3)n(C)n1. The Kier molecular flexibility index (Phi) is 4.73. The van der Waals surface area contributed by atoms with Crippen LogP contribution in [0.1, 0.15) is 59.9 Å². The van der Waals surface area contributed by atoms with Crippen LogP contribution in [-0.2, 0) is 19.9 Å². The van der Waals surface area contributed by atoms with Gasteiger partial charge in [-0.3, -0.25) is 14.4 Å². The molecule has 0 radical (unpaired) electrons. The molecule has 6 rings (SSSR count). The smallest absolute Gasteiger partial charge is 0.272 e. The summed E-state index contributed by atoms with van der Waals surface area (Å²) in [5, 5.41) is 4.57. The van der Waals surface area contributed by atoms with Crippen LogP contribution in [0.5, 0.6) is 0 Å². The molecule has 29 heavy (non-hydrogen) atoms. The third-order valence-electron chi connectivity index (χ3n) is 7.26. The number of fused-ring (bicyclic) bond motifs is 5. The third kappa shape index (κ3) is 3.39. The number of hydrogen-bond acceptors (Lipinski definition) is 3. The number of hydrogen-bond donors (Lipinski definition) is 0. The van der Waals surface area contributed by atoms with Gasteiger partial charge in [0.05, 0.1) is 5.69 Å². The second-order valence-corrected chi connectivity index (χ2v) is 9.57. The van der Waals surface area contributed by atoms with Crippen LogP contribution in [0.3, 0.4) is 0 Å². The predicted octanol–water partition coefficient (Wildman–Crippen LogP) is 3.25. The maximum atomic E-state index is 13.5.